The molecule has 0 heterocycles. The van der Waals surface area contributed by atoms with E-state index < -0.39 is 31.4 Å². The molecule has 0 atom stereocenters. The molecule has 0 bridgehead atoms. The number of ether oxygens (including phenoxy) is 1. The molecule has 1 amide bonds. The van der Waals surface area contributed by atoms with E-state index in [0.717, 1.165) is 19.3 Å². The summed E-state index contributed by atoms with van der Waals surface area (Å²) in [5, 5.41) is 0. The number of rotatable bonds is 12. The van der Waals surface area contributed by atoms with Crippen molar-refractivity contribution in [2.75, 3.05) is 13.5 Å². The molecule has 6 heteroatoms. The summed E-state index contributed by atoms with van der Waals surface area (Å²) in [6.07, 6.45) is 8.62. The quantitative estimate of drug-likeness (QED) is 0.254. The van der Waals surface area contributed by atoms with Gasteiger partial charge in [-0.05, 0) is 20.3 Å². The van der Waals surface area contributed by atoms with Gasteiger partial charge in [0.25, 0.3) is 0 Å². The van der Waals surface area contributed by atoms with Crippen LogP contribution in [0.4, 0.5) is 0 Å². The Balaban J connectivity index is 4.44. The van der Waals surface area contributed by atoms with Crippen LogP contribution in [0.2, 0.25) is 0 Å². The third-order valence-corrected chi connectivity index (χ3v) is 3.41. The van der Waals surface area contributed by atoms with Gasteiger partial charge in [-0.25, -0.2) is 0 Å². The van der Waals surface area contributed by atoms with Crippen molar-refractivity contribution >= 4 is 17.8 Å². The highest BCUT2D eigenvalue weighted by Gasteiger charge is 2.12. The first-order valence-corrected chi connectivity index (χ1v) is 8.92. The molecule has 0 radical (unpaired) electrons. The zero-order valence-corrected chi connectivity index (χ0v) is 15.3. The van der Waals surface area contributed by atoms with E-state index in [1.54, 1.807) is 13.8 Å². The van der Waals surface area contributed by atoms with Gasteiger partial charge in [-0.2, -0.15) is 4.99 Å². The molecule has 0 unspecified atom stereocenters. The highest BCUT2D eigenvalue weighted by Crippen LogP contribution is 2.09. The number of unbranched alkanes of at least 4 members (excludes halogenated alkanes) is 7. The lowest BCUT2D eigenvalue weighted by Crippen LogP contribution is -2.39. The van der Waals surface area contributed by atoms with Crippen molar-refractivity contribution in [2.24, 2.45) is 10.7 Å². The van der Waals surface area contributed by atoms with Gasteiger partial charge in [-0.15, -0.1) is 0 Å². The van der Waals surface area contributed by atoms with Crippen LogP contribution in [0.25, 0.3) is 0 Å². The molecule has 24 heavy (non-hydrogen) atoms. The fourth-order valence-electron chi connectivity index (χ4n) is 2.16. The zero-order chi connectivity index (χ0) is 20.9. The molecule has 6 nitrogen and oxygen atoms in total. The molecular formula is C18H35N3O3. The summed E-state index contributed by atoms with van der Waals surface area (Å²) < 4.78 is 27.4. The summed E-state index contributed by atoms with van der Waals surface area (Å²) in [5.41, 5.74) is 5.67. The molecule has 0 aromatic heterocycles. The number of hydrogen-bond acceptors (Lipinski definition) is 3. The number of hydrogen-bond donors (Lipinski definition) is 1. The lowest BCUT2D eigenvalue weighted by molar-refractivity contribution is -0.147. The summed E-state index contributed by atoms with van der Waals surface area (Å²) >= 11 is 0. The average molecular weight is 345 g/mol. The van der Waals surface area contributed by atoms with E-state index in [1.807, 2.05) is 0 Å². The highest BCUT2D eigenvalue weighted by molar-refractivity contribution is 5.93. The standard InChI is InChI=1S/C18H35N3O3/c1-5-6-7-8-9-10-11-12-13-16(22)20-18(19)21(4)14-17(23)24-15(2)3/h15H,5-14H2,1-4H3,(H2,19,20,22)/i4D3. The molecule has 140 valence electrons. The fraction of sp³-hybridized carbons (Fsp3) is 0.833. The normalized spacial score (nSPS) is 14.0. The maximum atomic E-state index is 11.9. The van der Waals surface area contributed by atoms with Crippen molar-refractivity contribution in [2.45, 2.75) is 84.7 Å². The Labute approximate surface area is 151 Å². The largest absolute Gasteiger partial charge is 0.462 e. The zero-order valence-electron chi connectivity index (χ0n) is 18.3. The summed E-state index contributed by atoms with van der Waals surface area (Å²) in [6, 6.07) is 0. The second-order valence-corrected chi connectivity index (χ2v) is 6.21. The molecule has 0 aromatic carbocycles. The third kappa shape index (κ3) is 12.9. The Bertz CT molecular complexity index is 480. The molecule has 0 aliphatic rings. The first-order chi connectivity index (χ1) is 12.6. The molecule has 0 aromatic rings. The van der Waals surface area contributed by atoms with E-state index in [2.05, 4.69) is 11.9 Å². The van der Waals surface area contributed by atoms with E-state index in [0.29, 0.717) is 11.3 Å². The van der Waals surface area contributed by atoms with Crippen LogP contribution in [0.1, 0.15) is 82.7 Å². The van der Waals surface area contributed by atoms with E-state index in [9.17, 15) is 9.59 Å². The molecule has 0 fully saturated rings. The second-order valence-electron chi connectivity index (χ2n) is 6.21. The SMILES string of the molecule is [2H]C([2H])([2H])N(CC(=O)OC(C)C)C(N)=NC(=O)CCCCCCCCCC. The Morgan fingerprint density at radius 1 is 1.12 bits per heavy atom. The number of amides is 1. The second kappa shape index (κ2) is 13.8. The summed E-state index contributed by atoms with van der Waals surface area (Å²) in [6.45, 7) is 2.21. The van der Waals surface area contributed by atoms with Crippen LogP contribution in [-0.2, 0) is 14.3 Å². The minimum absolute atomic E-state index is 0.209. The predicted octanol–water partition coefficient (Wildman–Crippen LogP) is 3.24. The van der Waals surface area contributed by atoms with Gasteiger partial charge in [0.1, 0.15) is 6.54 Å². The summed E-state index contributed by atoms with van der Waals surface area (Å²) in [7, 11) is 0. The van der Waals surface area contributed by atoms with E-state index in [-0.39, 0.29) is 12.5 Å². The molecule has 0 aliphatic carbocycles. The minimum Gasteiger partial charge on any atom is -0.462 e. The fourth-order valence-corrected chi connectivity index (χ4v) is 2.16. The number of nitrogens with zero attached hydrogens (tertiary/aromatic N) is 2. The van der Waals surface area contributed by atoms with Crippen LogP contribution in [0.5, 0.6) is 0 Å². The highest BCUT2D eigenvalue weighted by atomic mass is 16.5. The number of esters is 1. The number of carbonyl (C=O) groups excluding carboxylic acids is 2. The Morgan fingerprint density at radius 2 is 1.71 bits per heavy atom. The maximum absolute atomic E-state index is 11.9. The van der Waals surface area contributed by atoms with Crippen molar-refractivity contribution in [1.82, 2.24) is 4.90 Å². The van der Waals surface area contributed by atoms with Crippen molar-refractivity contribution in [3.63, 3.8) is 0 Å². The van der Waals surface area contributed by atoms with Crippen molar-refractivity contribution < 1.29 is 18.4 Å². The van der Waals surface area contributed by atoms with E-state index >= 15 is 0 Å². The van der Waals surface area contributed by atoms with Crippen LogP contribution >= 0.6 is 0 Å². The predicted molar refractivity (Wildman–Crippen MR) is 97.7 cm³/mol. The number of aliphatic imine (C=N–C) groups is 1. The number of guanidine groups is 1. The lowest BCUT2D eigenvalue weighted by atomic mass is 10.1. The topological polar surface area (TPSA) is 85.0 Å². The smallest absolute Gasteiger partial charge is 0.325 e. The van der Waals surface area contributed by atoms with Crippen molar-refractivity contribution in [3.8, 4) is 0 Å². The Morgan fingerprint density at radius 3 is 2.25 bits per heavy atom. The molecule has 2 N–H and O–H groups in total. The van der Waals surface area contributed by atoms with Gasteiger partial charge in [0.15, 0.2) is 5.96 Å². The van der Waals surface area contributed by atoms with Gasteiger partial charge in [-0.3, -0.25) is 9.59 Å². The number of carbonyl (C=O) groups is 2. The summed E-state index contributed by atoms with van der Waals surface area (Å²) in [5.74, 6) is -1.71. The molecule has 0 rings (SSSR count). The first-order valence-electron chi connectivity index (χ1n) is 10.4. The van der Waals surface area contributed by atoms with Gasteiger partial charge in [0.2, 0.25) is 5.91 Å². The molecule has 0 saturated heterocycles. The van der Waals surface area contributed by atoms with Crippen LogP contribution in [0.15, 0.2) is 4.99 Å². The Kier molecular flexibility index (Phi) is 9.92. The minimum atomic E-state index is -2.69. The van der Waals surface area contributed by atoms with Crippen LogP contribution in [-0.4, -0.2) is 42.4 Å². The molecule has 0 saturated carbocycles. The monoisotopic (exact) mass is 344 g/mol. The van der Waals surface area contributed by atoms with Crippen molar-refractivity contribution in [3.05, 3.63) is 0 Å². The molecular weight excluding hydrogens is 306 g/mol. The first kappa shape index (κ1) is 17.2. The molecule has 0 spiro atoms. The summed E-state index contributed by atoms with van der Waals surface area (Å²) in [4.78, 5) is 27.9. The van der Waals surface area contributed by atoms with Crippen LogP contribution < -0.4 is 5.73 Å². The van der Waals surface area contributed by atoms with Crippen LogP contribution in [0, 0.1) is 0 Å². The van der Waals surface area contributed by atoms with E-state index in [4.69, 9.17) is 14.6 Å². The number of likely N-dealkylation sites (N-methyl/N-ethyl adjacent to an activating group) is 1. The van der Waals surface area contributed by atoms with Crippen LogP contribution in [0.3, 0.4) is 0 Å². The van der Waals surface area contributed by atoms with Gasteiger partial charge < -0.3 is 15.4 Å². The Hall–Kier alpha value is -1.59. The maximum Gasteiger partial charge on any atom is 0.325 e. The van der Waals surface area contributed by atoms with Gasteiger partial charge in [0.05, 0.1) is 6.10 Å². The molecule has 0 aliphatic heterocycles. The lowest BCUT2D eigenvalue weighted by Gasteiger charge is -2.17. The average Bonchev–Trinajstić information content (AvgIpc) is 2.53. The van der Waals surface area contributed by atoms with Gasteiger partial charge >= 0.3 is 5.97 Å². The van der Waals surface area contributed by atoms with Gasteiger partial charge in [0, 0.05) is 17.5 Å². The van der Waals surface area contributed by atoms with E-state index in [1.165, 1.54) is 25.7 Å². The third-order valence-electron chi connectivity index (χ3n) is 3.41. The number of nitrogens with two attached hydrogens (primary N) is 1. The van der Waals surface area contributed by atoms with Gasteiger partial charge in [-0.1, -0.05) is 51.9 Å². The van der Waals surface area contributed by atoms with Crippen molar-refractivity contribution in [1.29, 1.82) is 0 Å².